The molecule has 0 radical (unpaired) electrons. The van der Waals surface area contributed by atoms with Crippen molar-refractivity contribution < 1.29 is 26.4 Å². The minimum absolute atomic E-state index is 0.00484. The van der Waals surface area contributed by atoms with Gasteiger partial charge in [0.15, 0.2) is 0 Å². The maximum Gasteiger partial charge on any atom is 0.516 e. The van der Waals surface area contributed by atoms with Crippen LogP contribution in [0, 0.1) is 13.8 Å². The zero-order valence-corrected chi connectivity index (χ0v) is 21.2. The Kier molecular flexibility index (Phi) is 9.73. The van der Waals surface area contributed by atoms with Gasteiger partial charge in [-0.2, -0.15) is 21.6 Å². The summed E-state index contributed by atoms with van der Waals surface area (Å²) in [7, 11) is -5.64. The number of rotatable bonds is 7. The van der Waals surface area contributed by atoms with Gasteiger partial charge in [-0.3, -0.25) is 4.72 Å². The maximum atomic E-state index is 13.0. The molecule has 0 heterocycles. The molecule has 5 nitrogen and oxygen atoms in total. The van der Waals surface area contributed by atoms with Gasteiger partial charge in [0.25, 0.3) is 0 Å². The first-order valence-corrected chi connectivity index (χ1v) is 12.5. The van der Waals surface area contributed by atoms with Crippen LogP contribution in [0.25, 0.3) is 0 Å². The maximum absolute atomic E-state index is 13.0. The van der Waals surface area contributed by atoms with Crippen molar-refractivity contribution in [2.45, 2.75) is 39.8 Å². The van der Waals surface area contributed by atoms with Crippen molar-refractivity contribution in [1.82, 2.24) is 0 Å². The molecule has 1 N–H and O–H groups in total. The number of aryl methyl sites for hydroxylation is 2. The summed E-state index contributed by atoms with van der Waals surface area (Å²) >= 11 is 6.23. The van der Waals surface area contributed by atoms with Gasteiger partial charge in [0.2, 0.25) is 0 Å². The van der Waals surface area contributed by atoms with Gasteiger partial charge in [0.1, 0.15) is 12.3 Å². The fraction of sp³-hybridized carbons (Fsp3) is 0.240. The van der Waals surface area contributed by atoms with Crippen LogP contribution in [0.4, 0.5) is 18.9 Å². The average Bonchev–Trinajstić information content (AvgIpc) is 2.80. The SMILES string of the molecule is CC.Cc1ccc(CO/N=C(\c2ccccc2)c2cc(C)ccc2NS(=O)(=O)C(F)(F)F)c(Cl)c1. The van der Waals surface area contributed by atoms with E-state index in [1.54, 1.807) is 54.1 Å². The van der Waals surface area contributed by atoms with E-state index in [-0.39, 0.29) is 23.6 Å². The lowest BCUT2D eigenvalue weighted by atomic mass is 9.99. The van der Waals surface area contributed by atoms with E-state index in [1.807, 2.05) is 26.8 Å². The molecule has 35 heavy (non-hydrogen) atoms. The van der Waals surface area contributed by atoms with Crippen LogP contribution in [0.3, 0.4) is 0 Å². The molecule has 0 aliphatic carbocycles. The van der Waals surface area contributed by atoms with Gasteiger partial charge in [0.05, 0.1) is 5.69 Å². The van der Waals surface area contributed by atoms with E-state index in [0.717, 1.165) is 5.56 Å². The molecular formula is C25H26ClF3N2O3S. The lowest BCUT2D eigenvalue weighted by Crippen LogP contribution is -2.30. The fourth-order valence-corrected chi connectivity index (χ4v) is 3.81. The monoisotopic (exact) mass is 526 g/mol. The zero-order valence-electron chi connectivity index (χ0n) is 19.7. The normalized spacial score (nSPS) is 11.9. The second-order valence-electron chi connectivity index (χ2n) is 7.27. The summed E-state index contributed by atoms with van der Waals surface area (Å²) in [5, 5.41) is 4.65. The lowest BCUT2D eigenvalue weighted by molar-refractivity contribution is -0.0429. The van der Waals surface area contributed by atoms with Crippen molar-refractivity contribution >= 4 is 33.0 Å². The molecule has 188 valence electrons. The van der Waals surface area contributed by atoms with Gasteiger partial charge in [-0.25, -0.2) is 0 Å². The molecule has 3 rings (SSSR count). The predicted molar refractivity (Wildman–Crippen MR) is 134 cm³/mol. The van der Waals surface area contributed by atoms with Gasteiger partial charge >= 0.3 is 15.5 Å². The second kappa shape index (κ2) is 12.1. The molecule has 10 heteroatoms. The highest BCUT2D eigenvalue weighted by atomic mass is 35.5. The van der Waals surface area contributed by atoms with Crippen LogP contribution in [-0.2, 0) is 21.5 Å². The molecule has 0 unspecified atom stereocenters. The molecule has 0 aliphatic heterocycles. The number of halogens is 4. The van der Waals surface area contributed by atoms with Crippen LogP contribution < -0.4 is 4.72 Å². The summed E-state index contributed by atoms with van der Waals surface area (Å²) in [6, 6.07) is 18.3. The highest BCUT2D eigenvalue weighted by Gasteiger charge is 2.46. The first kappa shape index (κ1) is 28.2. The third kappa shape index (κ3) is 7.47. The van der Waals surface area contributed by atoms with Gasteiger partial charge in [-0.15, -0.1) is 0 Å². The van der Waals surface area contributed by atoms with E-state index in [0.29, 0.717) is 21.7 Å². The summed E-state index contributed by atoms with van der Waals surface area (Å²) in [4.78, 5) is 5.51. The van der Waals surface area contributed by atoms with E-state index < -0.39 is 15.5 Å². The summed E-state index contributed by atoms with van der Waals surface area (Å²) in [5.74, 6) is 0. The van der Waals surface area contributed by atoms with Crippen molar-refractivity contribution in [3.05, 3.63) is 99.6 Å². The molecular weight excluding hydrogens is 501 g/mol. The molecule has 0 amide bonds. The van der Waals surface area contributed by atoms with Crippen molar-refractivity contribution in [1.29, 1.82) is 0 Å². The van der Waals surface area contributed by atoms with Crippen molar-refractivity contribution in [2.75, 3.05) is 4.72 Å². The smallest absolute Gasteiger partial charge is 0.390 e. The molecule has 0 aromatic heterocycles. The minimum atomic E-state index is -5.64. The van der Waals surface area contributed by atoms with E-state index >= 15 is 0 Å². The van der Waals surface area contributed by atoms with Crippen LogP contribution in [0.2, 0.25) is 5.02 Å². The van der Waals surface area contributed by atoms with Gasteiger partial charge < -0.3 is 4.84 Å². The number of alkyl halides is 3. The topological polar surface area (TPSA) is 67.8 Å². The van der Waals surface area contributed by atoms with Gasteiger partial charge in [0, 0.05) is 21.7 Å². The van der Waals surface area contributed by atoms with E-state index in [4.69, 9.17) is 16.4 Å². The van der Waals surface area contributed by atoms with E-state index in [2.05, 4.69) is 5.16 Å². The number of nitrogens with zero attached hydrogens (tertiary/aromatic N) is 1. The van der Waals surface area contributed by atoms with Crippen molar-refractivity contribution in [3.63, 3.8) is 0 Å². The third-order valence-corrected chi connectivity index (χ3v) is 6.06. The zero-order chi connectivity index (χ0) is 26.2. The Labute approximate surface area is 208 Å². The molecule has 3 aromatic rings. The third-order valence-electron chi connectivity index (χ3n) is 4.61. The number of oxime groups is 1. The number of hydrogen-bond donors (Lipinski definition) is 1. The van der Waals surface area contributed by atoms with Crippen LogP contribution >= 0.6 is 11.6 Å². The van der Waals surface area contributed by atoms with Crippen molar-refractivity contribution in [3.8, 4) is 0 Å². The highest BCUT2D eigenvalue weighted by molar-refractivity contribution is 7.93. The van der Waals surface area contributed by atoms with Gasteiger partial charge in [-0.05, 0) is 37.6 Å². The summed E-state index contributed by atoms with van der Waals surface area (Å²) in [6.07, 6.45) is 0. The van der Waals surface area contributed by atoms with E-state index in [1.165, 1.54) is 18.2 Å². The number of hydrogen-bond acceptors (Lipinski definition) is 4. The summed E-state index contributed by atoms with van der Waals surface area (Å²) in [6.45, 7) is 7.62. The Morgan fingerprint density at radius 1 is 0.971 bits per heavy atom. The van der Waals surface area contributed by atoms with Crippen LogP contribution in [0.5, 0.6) is 0 Å². The molecule has 0 saturated heterocycles. The number of benzene rings is 3. The van der Waals surface area contributed by atoms with E-state index in [9.17, 15) is 21.6 Å². The number of nitrogens with one attached hydrogen (secondary N) is 1. The Morgan fingerprint density at radius 3 is 2.17 bits per heavy atom. The van der Waals surface area contributed by atoms with Crippen LogP contribution in [0.15, 0.2) is 71.9 Å². The summed E-state index contributed by atoms with van der Waals surface area (Å²) < 4.78 is 64.1. The molecule has 0 atom stereocenters. The van der Waals surface area contributed by atoms with Crippen molar-refractivity contribution in [2.24, 2.45) is 5.16 Å². The predicted octanol–water partition coefficient (Wildman–Crippen LogP) is 7.21. The minimum Gasteiger partial charge on any atom is -0.390 e. The molecule has 3 aromatic carbocycles. The molecule has 0 bridgehead atoms. The Morgan fingerprint density at radius 2 is 1.57 bits per heavy atom. The molecule has 0 aliphatic rings. The Balaban J connectivity index is 0.00000210. The standard InChI is InChI=1S/C23H20ClF3N2O3S.C2H6/c1-15-9-11-21(29-33(30,31)23(25,26)27)19(12-15)22(17-6-4-3-5-7-17)28-32-14-18-10-8-16(2)13-20(18)24;1-2/h3-13,29H,14H2,1-2H3;1-2H3/b28-22+;. The first-order valence-electron chi connectivity index (χ1n) is 10.7. The summed E-state index contributed by atoms with van der Waals surface area (Å²) in [5.41, 5.74) is -2.63. The highest BCUT2D eigenvalue weighted by Crippen LogP contribution is 2.29. The number of anilines is 1. The Hall–Kier alpha value is -3.04. The Bertz CT molecular complexity index is 1280. The second-order valence-corrected chi connectivity index (χ2v) is 9.36. The van der Waals surface area contributed by atoms with Crippen LogP contribution in [0.1, 0.15) is 41.7 Å². The van der Waals surface area contributed by atoms with Crippen LogP contribution in [-0.4, -0.2) is 19.6 Å². The fourth-order valence-electron chi connectivity index (χ4n) is 2.93. The molecule has 0 saturated carbocycles. The molecule has 0 fully saturated rings. The first-order chi connectivity index (χ1) is 16.5. The number of sulfonamides is 1. The quantitative estimate of drug-likeness (QED) is 0.261. The average molecular weight is 527 g/mol. The molecule has 0 spiro atoms. The largest absolute Gasteiger partial charge is 0.516 e. The lowest BCUT2D eigenvalue weighted by Gasteiger charge is -2.16. The van der Waals surface area contributed by atoms with Gasteiger partial charge in [-0.1, -0.05) is 84.7 Å².